The van der Waals surface area contributed by atoms with E-state index >= 15 is 0 Å². The SMILES string of the molecule is CCOC(=O)C(Cl)(Cl)CCCCCC[C@@H](O)C/C=C\CCCCCCCC(=O)O. The van der Waals surface area contributed by atoms with Gasteiger partial charge in [0.05, 0.1) is 12.7 Å². The first kappa shape index (κ1) is 28.2. The van der Waals surface area contributed by atoms with E-state index in [2.05, 4.69) is 6.08 Å². The number of unbranched alkanes of at least 4 members (excludes halogenated alkanes) is 8. The Morgan fingerprint density at radius 2 is 1.59 bits per heavy atom. The molecule has 0 rings (SSSR count). The molecule has 1 atom stereocenters. The number of aliphatic hydroxyl groups is 1. The molecule has 0 amide bonds. The third-order valence-corrected chi connectivity index (χ3v) is 5.38. The van der Waals surface area contributed by atoms with Crippen LogP contribution in [0.3, 0.4) is 0 Å². The Balaban J connectivity index is 3.53. The average molecular weight is 453 g/mol. The second-order valence-electron chi connectivity index (χ2n) is 7.44. The van der Waals surface area contributed by atoms with Gasteiger partial charge in [0, 0.05) is 6.42 Å². The van der Waals surface area contributed by atoms with Crippen LogP contribution in [0.4, 0.5) is 0 Å². The minimum absolute atomic E-state index is 0.265. The molecular formula is C22H38Cl2O5. The van der Waals surface area contributed by atoms with Gasteiger partial charge in [0.2, 0.25) is 4.33 Å². The van der Waals surface area contributed by atoms with E-state index in [1.54, 1.807) is 6.92 Å². The van der Waals surface area contributed by atoms with Gasteiger partial charge in [-0.2, -0.15) is 0 Å². The highest BCUT2D eigenvalue weighted by atomic mass is 35.5. The molecule has 29 heavy (non-hydrogen) atoms. The summed E-state index contributed by atoms with van der Waals surface area (Å²) >= 11 is 12.0. The number of alkyl halides is 2. The number of carbonyl (C=O) groups excluding carboxylic acids is 1. The number of rotatable bonds is 19. The summed E-state index contributed by atoms with van der Waals surface area (Å²) in [5.41, 5.74) is 0. The van der Waals surface area contributed by atoms with Crippen LogP contribution in [0.1, 0.15) is 96.8 Å². The molecule has 0 fully saturated rings. The lowest BCUT2D eigenvalue weighted by Crippen LogP contribution is -2.28. The lowest BCUT2D eigenvalue weighted by atomic mass is 10.0. The molecule has 0 unspecified atom stereocenters. The summed E-state index contributed by atoms with van der Waals surface area (Å²) in [5, 5.41) is 18.6. The molecule has 0 aliphatic heterocycles. The zero-order chi connectivity index (χ0) is 22.0. The van der Waals surface area contributed by atoms with E-state index < -0.39 is 16.3 Å². The molecule has 0 aromatic carbocycles. The number of ether oxygens (including phenoxy) is 1. The Bertz CT molecular complexity index is 466. The van der Waals surface area contributed by atoms with Gasteiger partial charge in [-0.3, -0.25) is 4.79 Å². The number of aliphatic carboxylic acids is 1. The van der Waals surface area contributed by atoms with E-state index in [0.717, 1.165) is 70.6 Å². The van der Waals surface area contributed by atoms with Crippen molar-refractivity contribution in [2.24, 2.45) is 0 Å². The van der Waals surface area contributed by atoms with Crippen molar-refractivity contribution in [3.8, 4) is 0 Å². The molecule has 0 bridgehead atoms. The third kappa shape index (κ3) is 17.8. The number of carbonyl (C=O) groups is 2. The first-order chi connectivity index (χ1) is 13.8. The fourth-order valence-corrected chi connectivity index (χ4v) is 3.35. The summed E-state index contributed by atoms with van der Waals surface area (Å²) in [7, 11) is 0. The maximum absolute atomic E-state index is 11.6. The standard InChI is InChI=1S/C22H38Cl2O5/c1-2-29-21(28)22(23,24)18-14-10-9-12-16-19(25)15-11-7-5-3-4-6-8-13-17-20(26)27/h7,11,19,25H,2-6,8-10,12-18H2,1H3,(H,26,27)/b11-7-/t19-/m0/s1. The van der Waals surface area contributed by atoms with Crippen molar-refractivity contribution < 1.29 is 24.5 Å². The van der Waals surface area contributed by atoms with Crippen molar-refractivity contribution in [1.29, 1.82) is 0 Å². The van der Waals surface area contributed by atoms with Crippen LogP contribution in [0.2, 0.25) is 0 Å². The second kappa shape index (κ2) is 18.0. The first-order valence-electron chi connectivity index (χ1n) is 10.9. The number of hydrogen-bond acceptors (Lipinski definition) is 4. The van der Waals surface area contributed by atoms with Crippen LogP contribution in [-0.4, -0.2) is 39.2 Å². The van der Waals surface area contributed by atoms with E-state index in [0.29, 0.717) is 12.8 Å². The van der Waals surface area contributed by atoms with E-state index in [4.69, 9.17) is 33.0 Å². The van der Waals surface area contributed by atoms with Crippen LogP contribution >= 0.6 is 23.2 Å². The van der Waals surface area contributed by atoms with Gasteiger partial charge < -0.3 is 14.9 Å². The maximum atomic E-state index is 11.6. The molecule has 0 aliphatic carbocycles. The minimum Gasteiger partial charge on any atom is -0.481 e. The van der Waals surface area contributed by atoms with Crippen molar-refractivity contribution in [2.75, 3.05) is 6.61 Å². The van der Waals surface area contributed by atoms with Gasteiger partial charge in [0.25, 0.3) is 0 Å². The molecule has 0 aromatic rings. The number of carboxylic acids is 1. The molecule has 0 saturated heterocycles. The van der Waals surface area contributed by atoms with Gasteiger partial charge in [-0.05, 0) is 51.9 Å². The van der Waals surface area contributed by atoms with Crippen LogP contribution in [0.15, 0.2) is 12.2 Å². The van der Waals surface area contributed by atoms with Crippen LogP contribution in [0, 0.1) is 0 Å². The van der Waals surface area contributed by atoms with Gasteiger partial charge in [0.15, 0.2) is 0 Å². The van der Waals surface area contributed by atoms with Gasteiger partial charge >= 0.3 is 11.9 Å². The van der Waals surface area contributed by atoms with Crippen molar-refractivity contribution >= 4 is 35.1 Å². The third-order valence-electron chi connectivity index (χ3n) is 4.69. The molecule has 0 aromatic heterocycles. The normalized spacial score (nSPS) is 13.0. The topological polar surface area (TPSA) is 83.8 Å². The Hall–Kier alpha value is -0.780. The van der Waals surface area contributed by atoms with Crippen molar-refractivity contribution in [3.05, 3.63) is 12.2 Å². The zero-order valence-electron chi connectivity index (χ0n) is 17.7. The minimum atomic E-state index is -1.46. The van der Waals surface area contributed by atoms with E-state index in [1.807, 2.05) is 6.08 Å². The molecule has 5 nitrogen and oxygen atoms in total. The quantitative estimate of drug-likeness (QED) is 0.106. The van der Waals surface area contributed by atoms with Gasteiger partial charge in [-0.25, -0.2) is 4.79 Å². The van der Waals surface area contributed by atoms with Crippen LogP contribution in [0.5, 0.6) is 0 Å². The van der Waals surface area contributed by atoms with E-state index in [-0.39, 0.29) is 19.1 Å². The molecule has 0 saturated carbocycles. The summed E-state index contributed by atoms with van der Waals surface area (Å²) < 4.78 is 3.39. The van der Waals surface area contributed by atoms with E-state index in [9.17, 15) is 14.7 Å². The number of hydrogen-bond donors (Lipinski definition) is 2. The molecule has 0 aliphatic rings. The highest BCUT2D eigenvalue weighted by molar-refractivity contribution is 6.57. The summed E-state index contributed by atoms with van der Waals surface area (Å²) in [6, 6.07) is 0. The van der Waals surface area contributed by atoms with Crippen LogP contribution in [-0.2, 0) is 14.3 Å². The summed E-state index contributed by atoms with van der Waals surface area (Å²) in [4.78, 5) is 22.0. The lowest BCUT2D eigenvalue weighted by molar-refractivity contribution is -0.144. The average Bonchev–Trinajstić information content (AvgIpc) is 2.65. The fraction of sp³-hybridized carbons (Fsp3) is 0.818. The van der Waals surface area contributed by atoms with Gasteiger partial charge in [-0.15, -0.1) is 0 Å². The number of esters is 1. The first-order valence-corrected chi connectivity index (χ1v) is 11.6. The summed E-state index contributed by atoms with van der Waals surface area (Å²) in [6.45, 7) is 1.98. The molecule has 170 valence electrons. The monoisotopic (exact) mass is 452 g/mol. The van der Waals surface area contributed by atoms with Gasteiger partial charge in [0.1, 0.15) is 0 Å². The highest BCUT2D eigenvalue weighted by Crippen LogP contribution is 2.29. The van der Waals surface area contributed by atoms with Crippen molar-refractivity contribution in [2.45, 2.75) is 107 Å². The molecule has 7 heteroatoms. The Morgan fingerprint density at radius 3 is 2.28 bits per heavy atom. The molecule has 2 N–H and O–H groups in total. The Morgan fingerprint density at radius 1 is 0.966 bits per heavy atom. The number of carboxylic acid groups (broad SMARTS) is 1. The van der Waals surface area contributed by atoms with E-state index in [1.165, 1.54) is 0 Å². The number of aliphatic hydroxyl groups excluding tert-OH is 1. The molecule has 0 heterocycles. The summed E-state index contributed by atoms with van der Waals surface area (Å²) in [6.07, 6.45) is 15.5. The van der Waals surface area contributed by atoms with Crippen molar-refractivity contribution in [3.63, 3.8) is 0 Å². The maximum Gasteiger partial charge on any atom is 0.342 e. The van der Waals surface area contributed by atoms with Crippen LogP contribution in [0.25, 0.3) is 0 Å². The lowest BCUT2D eigenvalue weighted by Gasteiger charge is -2.17. The second-order valence-corrected chi connectivity index (χ2v) is 8.92. The predicted octanol–water partition coefficient (Wildman–Crippen LogP) is 6.19. The molecule has 0 spiro atoms. The van der Waals surface area contributed by atoms with Crippen LogP contribution < -0.4 is 0 Å². The smallest absolute Gasteiger partial charge is 0.342 e. The predicted molar refractivity (Wildman–Crippen MR) is 118 cm³/mol. The van der Waals surface area contributed by atoms with Crippen molar-refractivity contribution in [1.82, 2.24) is 0 Å². The largest absolute Gasteiger partial charge is 0.481 e. The fourth-order valence-electron chi connectivity index (χ4n) is 2.98. The zero-order valence-corrected chi connectivity index (χ0v) is 19.2. The van der Waals surface area contributed by atoms with Gasteiger partial charge in [-0.1, -0.05) is 73.9 Å². The summed E-state index contributed by atoms with van der Waals surface area (Å²) in [5.74, 6) is -1.29. The number of halogens is 2. The molecule has 0 radical (unpaired) electrons. The number of allylic oxidation sites excluding steroid dienone is 1. The highest BCUT2D eigenvalue weighted by Gasteiger charge is 2.34. The Kier molecular flexibility index (Phi) is 17.5. The molecular weight excluding hydrogens is 415 g/mol. The Labute approximate surface area is 185 Å².